The van der Waals surface area contributed by atoms with Gasteiger partial charge in [0.1, 0.15) is 0 Å². The van der Waals surface area contributed by atoms with Crippen LogP contribution in [-0.4, -0.2) is 11.8 Å². The van der Waals surface area contributed by atoms with E-state index in [0.29, 0.717) is 22.2 Å². The summed E-state index contributed by atoms with van der Waals surface area (Å²) in [5.74, 6) is -0.627. The van der Waals surface area contributed by atoms with Crippen LogP contribution in [0.4, 0.5) is 5.69 Å². The van der Waals surface area contributed by atoms with Crippen LogP contribution >= 0.6 is 63.7 Å². The molecule has 1 heterocycles. The number of aryl methyl sites for hydroxylation is 2. The smallest absolute Gasteiger partial charge is 0.266 e. The molecule has 0 spiro atoms. The standard InChI is InChI=1S/C30H15Br4NO2/c1-12-8-14(31)9-13(2)28(12)35-29(36)18-10-21(33)25-16-5-3-4-15-20(32)7-6-17(23(15)16)26-22(34)11-19(30(35)37)24(18)27(25)26/h3-11H,1-2H3. The zero-order valence-electron chi connectivity index (χ0n) is 19.5. The van der Waals surface area contributed by atoms with E-state index in [4.69, 9.17) is 0 Å². The highest BCUT2D eigenvalue weighted by Gasteiger charge is 2.38. The molecule has 37 heavy (non-hydrogen) atoms. The number of carbonyl (C=O) groups excluding carboxylic acids is 2. The van der Waals surface area contributed by atoms with Crippen molar-refractivity contribution in [3.05, 3.63) is 94.7 Å². The van der Waals surface area contributed by atoms with Crippen molar-refractivity contribution in [3.63, 3.8) is 0 Å². The molecule has 0 aliphatic carbocycles. The van der Waals surface area contributed by atoms with Crippen molar-refractivity contribution in [1.82, 2.24) is 0 Å². The monoisotopic (exact) mass is 737 g/mol. The predicted octanol–water partition coefficient (Wildman–Crippen LogP) is 10.2. The van der Waals surface area contributed by atoms with Gasteiger partial charge in [-0.15, -0.1) is 0 Å². The maximum Gasteiger partial charge on any atom is 0.266 e. The van der Waals surface area contributed by atoms with Gasteiger partial charge in [-0.25, -0.2) is 4.90 Å². The van der Waals surface area contributed by atoms with E-state index in [1.807, 2.05) is 44.2 Å². The van der Waals surface area contributed by atoms with Crippen LogP contribution in [0, 0.1) is 13.8 Å². The Morgan fingerprint density at radius 1 is 0.568 bits per heavy atom. The summed E-state index contributed by atoms with van der Waals surface area (Å²) in [5, 5.41) is 8.03. The molecular weight excluding hydrogens is 726 g/mol. The zero-order chi connectivity index (χ0) is 25.9. The van der Waals surface area contributed by atoms with Gasteiger partial charge in [-0.1, -0.05) is 88.0 Å². The molecule has 0 unspecified atom stereocenters. The summed E-state index contributed by atoms with van der Waals surface area (Å²) in [6.07, 6.45) is 0. The topological polar surface area (TPSA) is 37.4 Å². The van der Waals surface area contributed by atoms with Gasteiger partial charge in [-0.05, 0) is 76.9 Å². The van der Waals surface area contributed by atoms with Crippen LogP contribution in [0.2, 0.25) is 0 Å². The van der Waals surface area contributed by atoms with E-state index in [1.165, 1.54) is 4.90 Å². The second kappa shape index (κ2) is 8.09. The van der Waals surface area contributed by atoms with Crippen molar-refractivity contribution < 1.29 is 9.59 Å². The number of carbonyl (C=O) groups is 2. The summed E-state index contributed by atoms with van der Waals surface area (Å²) in [7, 11) is 0. The Bertz CT molecular complexity index is 1950. The first-order valence-corrected chi connectivity index (χ1v) is 14.7. The van der Waals surface area contributed by atoms with E-state index in [-0.39, 0.29) is 11.8 Å². The van der Waals surface area contributed by atoms with E-state index < -0.39 is 0 Å². The van der Waals surface area contributed by atoms with Crippen LogP contribution in [-0.2, 0) is 0 Å². The van der Waals surface area contributed by atoms with Gasteiger partial charge in [0, 0.05) is 39.4 Å². The van der Waals surface area contributed by atoms with Crippen LogP contribution in [0.25, 0.3) is 43.1 Å². The molecule has 6 aromatic rings. The molecule has 0 radical (unpaired) electrons. The third-order valence-corrected chi connectivity index (χ3v) is 9.78. The fourth-order valence-electron chi connectivity index (χ4n) is 6.01. The first-order chi connectivity index (χ1) is 17.7. The molecule has 0 saturated carbocycles. The summed E-state index contributed by atoms with van der Waals surface area (Å²) >= 11 is 14.9. The molecule has 0 saturated heterocycles. The summed E-state index contributed by atoms with van der Waals surface area (Å²) in [5.41, 5.74) is 3.37. The SMILES string of the molecule is Cc1cc(Br)cc(C)c1N1C(=O)c2cc(Br)c3c4cccc5c(Br)ccc(c6c(Br)cc(c2c36)C1=O)c54. The number of imide groups is 1. The second-order valence-electron chi connectivity index (χ2n) is 9.47. The molecule has 6 aromatic carbocycles. The maximum absolute atomic E-state index is 14.1. The highest BCUT2D eigenvalue weighted by Crippen LogP contribution is 2.50. The van der Waals surface area contributed by atoms with E-state index in [9.17, 15) is 9.59 Å². The van der Waals surface area contributed by atoms with Gasteiger partial charge in [0.25, 0.3) is 11.8 Å². The summed E-state index contributed by atoms with van der Waals surface area (Å²) in [6.45, 7) is 3.84. The Hall–Kier alpha value is -2.32. The summed E-state index contributed by atoms with van der Waals surface area (Å²) in [4.78, 5) is 29.5. The molecule has 2 amide bonds. The quantitative estimate of drug-likeness (QED) is 0.0957. The minimum atomic E-state index is -0.314. The largest absolute Gasteiger partial charge is 0.268 e. The lowest BCUT2D eigenvalue weighted by Gasteiger charge is -2.31. The highest BCUT2D eigenvalue weighted by molar-refractivity contribution is 9.11. The van der Waals surface area contributed by atoms with E-state index >= 15 is 0 Å². The molecule has 0 aromatic heterocycles. The lowest BCUT2D eigenvalue weighted by molar-refractivity contribution is 0.0893. The number of nitrogens with zero attached hydrogens (tertiary/aromatic N) is 1. The molecule has 1 aliphatic rings. The van der Waals surface area contributed by atoms with Gasteiger partial charge in [0.05, 0.1) is 16.8 Å². The van der Waals surface area contributed by atoms with Crippen LogP contribution < -0.4 is 4.90 Å². The Balaban J connectivity index is 1.67. The second-order valence-corrected chi connectivity index (χ2v) is 12.9. The van der Waals surface area contributed by atoms with Gasteiger partial charge in [0.15, 0.2) is 0 Å². The van der Waals surface area contributed by atoms with E-state index in [1.54, 1.807) is 0 Å². The predicted molar refractivity (Wildman–Crippen MR) is 166 cm³/mol. The molecule has 0 bridgehead atoms. The highest BCUT2D eigenvalue weighted by atomic mass is 79.9. The normalized spacial score (nSPS) is 13.7. The molecule has 0 N–H and O–H groups in total. The molecule has 7 heteroatoms. The number of hydrogen-bond donors (Lipinski definition) is 0. The summed E-state index contributed by atoms with van der Waals surface area (Å²) in [6, 6.07) is 18.0. The summed E-state index contributed by atoms with van der Waals surface area (Å²) < 4.78 is 3.58. The van der Waals surface area contributed by atoms with Crippen LogP contribution in [0.15, 0.2) is 72.5 Å². The molecule has 0 atom stereocenters. The number of anilines is 1. The number of amides is 2. The first kappa shape index (κ1) is 23.8. The number of fused-ring (bicyclic) bond motifs is 2. The van der Waals surface area contributed by atoms with Crippen LogP contribution in [0.3, 0.4) is 0 Å². The third-order valence-electron chi connectivity index (χ3n) is 7.38. The molecule has 1 aliphatic heterocycles. The average molecular weight is 741 g/mol. The Labute approximate surface area is 245 Å². The lowest BCUT2D eigenvalue weighted by atomic mass is 9.84. The Morgan fingerprint density at radius 3 is 1.70 bits per heavy atom. The van der Waals surface area contributed by atoms with Crippen molar-refractivity contribution >= 4 is 124 Å². The van der Waals surface area contributed by atoms with E-state index in [0.717, 1.165) is 66.7 Å². The Kier molecular flexibility index (Phi) is 5.20. The van der Waals surface area contributed by atoms with Crippen molar-refractivity contribution in [2.24, 2.45) is 0 Å². The average Bonchev–Trinajstić information content (AvgIpc) is 2.85. The van der Waals surface area contributed by atoms with Crippen molar-refractivity contribution in [1.29, 1.82) is 0 Å². The minimum Gasteiger partial charge on any atom is -0.268 e. The molecule has 0 fully saturated rings. The number of benzene rings is 6. The van der Waals surface area contributed by atoms with E-state index in [2.05, 4.69) is 88.0 Å². The fraction of sp³-hybridized carbons (Fsp3) is 0.0667. The van der Waals surface area contributed by atoms with Crippen LogP contribution in [0.1, 0.15) is 31.8 Å². The van der Waals surface area contributed by atoms with Crippen molar-refractivity contribution in [2.75, 3.05) is 4.90 Å². The Morgan fingerprint density at radius 2 is 1.11 bits per heavy atom. The fourth-order valence-corrected chi connectivity index (χ4v) is 8.44. The molecule has 7 rings (SSSR count). The number of halogens is 4. The van der Waals surface area contributed by atoms with Gasteiger partial charge in [-0.2, -0.15) is 0 Å². The van der Waals surface area contributed by atoms with Crippen LogP contribution in [0.5, 0.6) is 0 Å². The molecule has 180 valence electrons. The zero-order valence-corrected chi connectivity index (χ0v) is 25.8. The molecular formula is C30H15Br4NO2. The first-order valence-electron chi connectivity index (χ1n) is 11.5. The van der Waals surface area contributed by atoms with Crippen molar-refractivity contribution in [2.45, 2.75) is 13.8 Å². The number of rotatable bonds is 1. The van der Waals surface area contributed by atoms with Gasteiger partial charge < -0.3 is 0 Å². The van der Waals surface area contributed by atoms with Gasteiger partial charge in [-0.3, -0.25) is 9.59 Å². The minimum absolute atomic E-state index is 0.314. The van der Waals surface area contributed by atoms with Gasteiger partial charge in [0.2, 0.25) is 0 Å². The lowest BCUT2D eigenvalue weighted by Crippen LogP contribution is -2.41. The maximum atomic E-state index is 14.1. The number of hydrogen-bond acceptors (Lipinski definition) is 2. The van der Waals surface area contributed by atoms with Gasteiger partial charge >= 0.3 is 0 Å². The van der Waals surface area contributed by atoms with Crippen molar-refractivity contribution in [3.8, 4) is 0 Å². The molecule has 3 nitrogen and oxygen atoms in total. The third kappa shape index (κ3) is 3.08.